The zero-order valence-corrected chi connectivity index (χ0v) is 14.7. The van der Waals surface area contributed by atoms with Crippen molar-refractivity contribution in [3.05, 3.63) is 112 Å². The number of rotatable bonds is 6. The molecular formula is C22H16N2O4. The Bertz CT molecular complexity index is 1060. The number of nitro benzene ring substituents is 1. The molecule has 0 radical (unpaired) electrons. The molecule has 3 aromatic carbocycles. The smallest absolute Gasteiger partial charge is 0.270 e. The van der Waals surface area contributed by atoms with E-state index in [1.54, 1.807) is 60.7 Å². The number of anilines is 1. The second kappa shape index (κ2) is 8.55. The number of benzene rings is 3. The van der Waals surface area contributed by atoms with Crippen molar-refractivity contribution in [2.24, 2.45) is 0 Å². The zero-order chi connectivity index (χ0) is 19.9. The summed E-state index contributed by atoms with van der Waals surface area (Å²) in [6.07, 6.45) is 2.77. The van der Waals surface area contributed by atoms with Gasteiger partial charge in [0.2, 0.25) is 5.91 Å². The predicted octanol–water partition coefficient (Wildman–Crippen LogP) is 4.48. The lowest BCUT2D eigenvalue weighted by molar-refractivity contribution is -0.384. The third kappa shape index (κ3) is 4.76. The third-order valence-corrected chi connectivity index (χ3v) is 3.94. The molecule has 0 saturated carbocycles. The quantitative estimate of drug-likeness (QED) is 0.299. The van der Waals surface area contributed by atoms with E-state index in [9.17, 15) is 19.7 Å². The van der Waals surface area contributed by atoms with Crippen LogP contribution in [-0.2, 0) is 4.79 Å². The molecule has 0 atom stereocenters. The minimum absolute atomic E-state index is 0.0466. The Balaban J connectivity index is 1.70. The number of amides is 1. The predicted molar refractivity (Wildman–Crippen MR) is 107 cm³/mol. The van der Waals surface area contributed by atoms with Crippen LogP contribution in [-0.4, -0.2) is 16.6 Å². The highest BCUT2D eigenvalue weighted by Crippen LogP contribution is 2.16. The normalized spacial score (nSPS) is 10.6. The summed E-state index contributed by atoms with van der Waals surface area (Å²) in [5.74, 6) is -0.542. The van der Waals surface area contributed by atoms with Gasteiger partial charge in [-0.15, -0.1) is 0 Å². The van der Waals surface area contributed by atoms with Gasteiger partial charge in [0.1, 0.15) is 0 Å². The molecule has 3 aromatic rings. The van der Waals surface area contributed by atoms with Gasteiger partial charge in [-0.2, -0.15) is 0 Å². The van der Waals surface area contributed by atoms with Crippen molar-refractivity contribution in [2.45, 2.75) is 0 Å². The summed E-state index contributed by atoms with van der Waals surface area (Å²) in [5.41, 5.74) is 2.01. The molecule has 0 spiro atoms. The Labute approximate surface area is 161 Å². The number of carbonyl (C=O) groups is 2. The summed E-state index contributed by atoms with van der Waals surface area (Å²) in [4.78, 5) is 34.9. The lowest BCUT2D eigenvalue weighted by Gasteiger charge is -2.05. The molecule has 28 heavy (non-hydrogen) atoms. The fourth-order valence-electron chi connectivity index (χ4n) is 2.59. The number of hydrogen-bond acceptors (Lipinski definition) is 4. The lowest BCUT2D eigenvalue weighted by atomic mass is 10.0. The van der Waals surface area contributed by atoms with Crippen LogP contribution >= 0.6 is 0 Å². The molecule has 0 aromatic heterocycles. The number of ketones is 1. The molecule has 0 aliphatic carbocycles. The van der Waals surface area contributed by atoms with Crippen molar-refractivity contribution in [1.82, 2.24) is 0 Å². The van der Waals surface area contributed by atoms with Crippen LogP contribution in [0.1, 0.15) is 21.5 Å². The van der Waals surface area contributed by atoms with E-state index in [-0.39, 0.29) is 11.5 Å². The van der Waals surface area contributed by atoms with Crippen LogP contribution in [0.25, 0.3) is 6.08 Å². The van der Waals surface area contributed by atoms with Crippen LogP contribution in [0, 0.1) is 10.1 Å². The summed E-state index contributed by atoms with van der Waals surface area (Å²) >= 11 is 0. The second-order valence-corrected chi connectivity index (χ2v) is 5.95. The highest BCUT2D eigenvalue weighted by atomic mass is 16.6. The molecule has 1 N–H and O–H groups in total. The van der Waals surface area contributed by atoms with Gasteiger partial charge < -0.3 is 5.32 Å². The number of nitro groups is 1. The first-order valence-electron chi connectivity index (χ1n) is 8.46. The summed E-state index contributed by atoms with van der Waals surface area (Å²) in [6, 6.07) is 21.5. The van der Waals surface area contributed by atoms with Crippen molar-refractivity contribution >= 4 is 29.1 Å². The van der Waals surface area contributed by atoms with Crippen molar-refractivity contribution in [2.75, 3.05) is 5.32 Å². The summed E-state index contributed by atoms with van der Waals surface area (Å²) in [5, 5.41) is 13.5. The first-order valence-corrected chi connectivity index (χ1v) is 8.46. The standard InChI is InChI=1S/C22H16N2O4/c25-21(13-12-16-6-4-11-20(14-16)24(27)28)23-19-10-5-9-18(15-19)22(26)17-7-2-1-3-8-17/h1-15H,(H,23,25)/b13-12+. The minimum atomic E-state index is -0.493. The molecule has 0 aliphatic rings. The van der Waals surface area contributed by atoms with Gasteiger partial charge in [0.25, 0.3) is 5.69 Å². The first kappa shape index (κ1) is 18.7. The topological polar surface area (TPSA) is 89.3 Å². The first-order chi connectivity index (χ1) is 13.5. The molecule has 0 heterocycles. The van der Waals surface area contributed by atoms with E-state index < -0.39 is 10.8 Å². The molecule has 6 nitrogen and oxygen atoms in total. The van der Waals surface area contributed by atoms with Crippen LogP contribution in [0.4, 0.5) is 11.4 Å². The van der Waals surface area contributed by atoms with Crippen LogP contribution in [0.3, 0.4) is 0 Å². The Hall–Kier alpha value is -4.06. The molecule has 6 heteroatoms. The lowest BCUT2D eigenvalue weighted by Crippen LogP contribution is -2.09. The molecular weight excluding hydrogens is 356 g/mol. The van der Waals surface area contributed by atoms with E-state index in [4.69, 9.17) is 0 Å². The molecule has 1 amide bonds. The zero-order valence-electron chi connectivity index (χ0n) is 14.7. The molecule has 0 bridgehead atoms. The molecule has 3 rings (SSSR count). The number of nitrogens with one attached hydrogen (secondary N) is 1. The van der Waals surface area contributed by atoms with Gasteiger partial charge in [-0.3, -0.25) is 19.7 Å². The number of hydrogen-bond donors (Lipinski definition) is 1. The summed E-state index contributed by atoms with van der Waals surface area (Å²) in [6.45, 7) is 0. The van der Waals surface area contributed by atoms with E-state index in [0.29, 0.717) is 22.4 Å². The SMILES string of the molecule is O=C(/C=C/c1cccc([N+](=O)[O-])c1)Nc1cccc(C(=O)c2ccccc2)c1. The van der Waals surface area contributed by atoms with Gasteiger partial charge in [-0.1, -0.05) is 54.6 Å². The van der Waals surface area contributed by atoms with Gasteiger partial charge >= 0.3 is 0 Å². The van der Waals surface area contributed by atoms with Crippen LogP contribution in [0.15, 0.2) is 84.9 Å². The summed E-state index contributed by atoms with van der Waals surface area (Å²) in [7, 11) is 0. The summed E-state index contributed by atoms with van der Waals surface area (Å²) < 4.78 is 0. The largest absolute Gasteiger partial charge is 0.322 e. The van der Waals surface area contributed by atoms with E-state index in [0.717, 1.165) is 0 Å². The molecule has 0 saturated heterocycles. The number of carbonyl (C=O) groups excluding carboxylic acids is 2. The van der Waals surface area contributed by atoms with E-state index in [1.165, 1.54) is 24.3 Å². The van der Waals surface area contributed by atoms with Gasteiger partial charge in [0.15, 0.2) is 5.78 Å². The molecule has 0 fully saturated rings. The van der Waals surface area contributed by atoms with Crippen LogP contribution < -0.4 is 5.32 Å². The van der Waals surface area contributed by atoms with Gasteiger partial charge in [-0.25, -0.2) is 0 Å². The van der Waals surface area contributed by atoms with Gasteiger partial charge in [0.05, 0.1) is 4.92 Å². The Morgan fingerprint density at radius 2 is 1.57 bits per heavy atom. The van der Waals surface area contributed by atoms with Crippen molar-refractivity contribution in [3.63, 3.8) is 0 Å². The fraction of sp³-hybridized carbons (Fsp3) is 0. The maximum absolute atomic E-state index is 12.5. The van der Waals surface area contributed by atoms with Crippen LogP contribution in [0.2, 0.25) is 0 Å². The maximum Gasteiger partial charge on any atom is 0.270 e. The Morgan fingerprint density at radius 1 is 0.857 bits per heavy atom. The maximum atomic E-state index is 12.5. The van der Waals surface area contributed by atoms with E-state index in [1.807, 2.05) is 6.07 Å². The highest BCUT2D eigenvalue weighted by Gasteiger charge is 2.09. The van der Waals surface area contributed by atoms with Crippen LogP contribution in [0.5, 0.6) is 0 Å². The van der Waals surface area contributed by atoms with Gasteiger partial charge in [-0.05, 0) is 23.8 Å². The third-order valence-electron chi connectivity index (χ3n) is 3.94. The average molecular weight is 372 g/mol. The average Bonchev–Trinajstić information content (AvgIpc) is 2.73. The van der Waals surface area contributed by atoms with E-state index >= 15 is 0 Å². The monoisotopic (exact) mass is 372 g/mol. The molecule has 0 unspecified atom stereocenters. The minimum Gasteiger partial charge on any atom is -0.322 e. The van der Waals surface area contributed by atoms with Crippen molar-refractivity contribution < 1.29 is 14.5 Å². The van der Waals surface area contributed by atoms with Crippen molar-refractivity contribution in [1.29, 1.82) is 0 Å². The Morgan fingerprint density at radius 3 is 2.32 bits per heavy atom. The fourth-order valence-corrected chi connectivity index (χ4v) is 2.59. The molecule has 138 valence electrons. The number of non-ortho nitro benzene ring substituents is 1. The Kier molecular flexibility index (Phi) is 5.72. The van der Waals surface area contributed by atoms with Crippen molar-refractivity contribution in [3.8, 4) is 0 Å². The van der Waals surface area contributed by atoms with Gasteiger partial charge in [0, 0.05) is 35.0 Å². The van der Waals surface area contributed by atoms with E-state index in [2.05, 4.69) is 5.32 Å². The number of nitrogens with zero attached hydrogens (tertiary/aromatic N) is 1. The second-order valence-electron chi connectivity index (χ2n) is 5.95. The molecule has 0 aliphatic heterocycles. The highest BCUT2D eigenvalue weighted by molar-refractivity contribution is 6.10.